The highest BCUT2D eigenvalue weighted by atomic mass is 127. The van der Waals surface area contributed by atoms with E-state index in [4.69, 9.17) is 16.3 Å². The number of amides is 1. The Balaban J connectivity index is 2.96. The minimum Gasteiger partial charge on any atom is -0.465 e. The smallest absolute Gasteiger partial charge is 0.412 e. The van der Waals surface area contributed by atoms with Gasteiger partial charge < -0.3 is 9.47 Å². The van der Waals surface area contributed by atoms with E-state index in [0.29, 0.717) is 9.26 Å². The minimum atomic E-state index is -0.592. The van der Waals surface area contributed by atoms with Gasteiger partial charge in [-0.25, -0.2) is 9.59 Å². The zero-order chi connectivity index (χ0) is 15.5. The summed E-state index contributed by atoms with van der Waals surface area (Å²) < 4.78 is 10.4. The van der Waals surface area contributed by atoms with Crippen molar-refractivity contribution < 1.29 is 19.1 Å². The van der Waals surface area contributed by atoms with E-state index >= 15 is 0 Å². The maximum atomic E-state index is 11.7. The molecule has 5 nitrogen and oxygen atoms in total. The van der Waals surface area contributed by atoms with E-state index in [1.54, 1.807) is 26.8 Å². The van der Waals surface area contributed by atoms with Crippen LogP contribution in [-0.4, -0.2) is 24.8 Å². The summed E-state index contributed by atoms with van der Waals surface area (Å²) in [6, 6.07) is 3.03. The van der Waals surface area contributed by atoms with Crippen molar-refractivity contribution in [3.8, 4) is 0 Å². The lowest BCUT2D eigenvalue weighted by molar-refractivity contribution is 0.0599. The van der Waals surface area contributed by atoms with Gasteiger partial charge in [0.2, 0.25) is 0 Å². The summed E-state index contributed by atoms with van der Waals surface area (Å²) in [4.78, 5) is 23.2. The summed E-state index contributed by atoms with van der Waals surface area (Å²) in [6.45, 7) is 5.31. The lowest BCUT2D eigenvalue weighted by atomic mass is 10.2. The van der Waals surface area contributed by atoms with Gasteiger partial charge in [0.15, 0.2) is 0 Å². The summed E-state index contributed by atoms with van der Waals surface area (Å²) in [5, 5.41) is 2.78. The molecule has 0 unspecified atom stereocenters. The third-order valence-electron chi connectivity index (χ3n) is 2.10. The van der Waals surface area contributed by atoms with Crippen LogP contribution in [0.25, 0.3) is 0 Å². The number of nitrogens with one attached hydrogen (secondary N) is 1. The summed E-state index contributed by atoms with van der Waals surface area (Å²) >= 11 is 7.98. The number of hydrogen-bond acceptors (Lipinski definition) is 4. The zero-order valence-corrected chi connectivity index (χ0v) is 14.5. The third kappa shape index (κ3) is 4.82. The van der Waals surface area contributed by atoms with Gasteiger partial charge >= 0.3 is 12.1 Å². The molecule has 0 atom stereocenters. The molecule has 0 saturated heterocycles. The quantitative estimate of drug-likeness (QED) is 0.588. The zero-order valence-electron chi connectivity index (χ0n) is 11.5. The van der Waals surface area contributed by atoms with E-state index in [0.717, 1.165) is 0 Å². The first kappa shape index (κ1) is 17.0. The van der Waals surface area contributed by atoms with Crippen molar-refractivity contribution in [1.29, 1.82) is 0 Å². The monoisotopic (exact) mass is 411 g/mol. The van der Waals surface area contributed by atoms with Crippen molar-refractivity contribution in [3.05, 3.63) is 26.3 Å². The first-order chi connectivity index (χ1) is 9.14. The van der Waals surface area contributed by atoms with Gasteiger partial charge in [0.05, 0.1) is 23.4 Å². The maximum Gasteiger partial charge on any atom is 0.412 e. The molecule has 7 heteroatoms. The Kier molecular flexibility index (Phi) is 5.64. The molecular weight excluding hydrogens is 397 g/mol. The molecule has 1 rings (SSSR count). The fourth-order valence-corrected chi connectivity index (χ4v) is 2.17. The SMILES string of the molecule is COC(=O)c1cc(I)c(NC(=O)OC(C)(C)C)cc1Cl. The fourth-order valence-electron chi connectivity index (χ4n) is 1.32. The Labute approximate surface area is 136 Å². The number of carbonyl (C=O) groups is 2. The molecule has 1 aromatic rings. The molecule has 0 aromatic heterocycles. The number of esters is 1. The first-order valence-electron chi connectivity index (χ1n) is 5.71. The standard InChI is InChI=1S/C13H15ClINO4/c1-13(2,3)20-12(18)16-10-6-8(14)7(5-9(10)15)11(17)19-4/h5-6H,1-4H3,(H,16,18). The van der Waals surface area contributed by atoms with Crippen molar-refractivity contribution in [2.45, 2.75) is 26.4 Å². The van der Waals surface area contributed by atoms with Crippen molar-refractivity contribution in [2.24, 2.45) is 0 Å². The largest absolute Gasteiger partial charge is 0.465 e. The van der Waals surface area contributed by atoms with Crippen LogP contribution in [0, 0.1) is 3.57 Å². The van der Waals surface area contributed by atoms with Gasteiger partial charge in [-0.3, -0.25) is 5.32 Å². The Bertz CT molecular complexity index is 540. The average Bonchev–Trinajstić information content (AvgIpc) is 2.30. The van der Waals surface area contributed by atoms with Crippen LogP contribution in [0.5, 0.6) is 0 Å². The lowest BCUT2D eigenvalue weighted by Gasteiger charge is -2.20. The molecule has 0 saturated carbocycles. The third-order valence-corrected chi connectivity index (χ3v) is 3.30. The number of halogens is 2. The van der Waals surface area contributed by atoms with Gasteiger partial charge in [-0.15, -0.1) is 0 Å². The minimum absolute atomic E-state index is 0.198. The second kappa shape index (κ2) is 6.62. The predicted octanol–water partition coefficient (Wildman–Crippen LogP) is 4.08. The van der Waals surface area contributed by atoms with Crippen LogP contribution >= 0.6 is 34.2 Å². The molecule has 110 valence electrons. The Morgan fingerprint density at radius 2 is 1.90 bits per heavy atom. The molecule has 0 aliphatic heterocycles. The van der Waals surface area contributed by atoms with E-state index in [9.17, 15) is 9.59 Å². The predicted molar refractivity (Wildman–Crippen MR) is 85.4 cm³/mol. The van der Waals surface area contributed by atoms with Gasteiger partial charge in [0.1, 0.15) is 5.60 Å². The summed E-state index contributed by atoms with van der Waals surface area (Å²) in [5.74, 6) is -0.531. The number of hydrogen-bond donors (Lipinski definition) is 1. The number of methoxy groups -OCH3 is 1. The number of benzene rings is 1. The molecule has 0 aliphatic carbocycles. The van der Waals surface area contributed by atoms with Crippen LogP contribution in [0.3, 0.4) is 0 Å². The second-order valence-electron chi connectivity index (χ2n) is 4.93. The Hall–Kier alpha value is -1.02. The average molecular weight is 412 g/mol. The molecular formula is C13H15ClINO4. The van der Waals surface area contributed by atoms with Crippen LogP contribution in [0.15, 0.2) is 12.1 Å². The van der Waals surface area contributed by atoms with Crippen molar-refractivity contribution >= 4 is 51.9 Å². The van der Waals surface area contributed by atoms with Crippen LogP contribution in [0.4, 0.5) is 10.5 Å². The Morgan fingerprint density at radius 1 is 1.30 bits per heavy atom. The van der Waals surface area contributed by atoms with Gasteiger partial charge in [-0.1, -0.05) is 11.6 Å². The number of anilines is 1. The molecule has 1 N–H and O–H groups in total. The highest BCUT2D eigenvalue weighted by Gasteiger charge is 2.19. The van der Waals surface area contributed by atoms with E-state index in [1.165, 1.54) is 13.2 Å². The van der Waals surface area contributed by atoms with E-state index < -0.39 is 17.7 Å². The van der Waals surface area contributed by atoms with Gasteiger partial charge in [-0.2, -0.15) is 0 Å². The molecule has 0 heterocycles. The van der Waals surface area contributed by atoms with Crippen LogP contribution < -0.4 is 5.32 Å². The maximum absolute atomic E-state index is 11.7. The van der Waals surface area contributed by atoms with E-state index in [2.05, 4.69) is 10.1 Å². The molecule has 1 amide bonds. The fraction of sp³-hybridized carbons (Fsp3) is 0.385. The second-order valence-corrected chi connectivity index (χ2v) is 6.50. The first-order valence-corrected chi connectivity index (χ1v) is 7.17. The molecule has 0 spiro atoms. The molecule has 0 aliphatic rings. The topological polar surface area (TPSA) is 64.6 Å². The van der Waals surface area contributed by atoms with Crippen molar-refractivity contribution in [3.63, 3.8) is 0 Å². The lowest BCUT2D eigenvalue weighted by Crippen LogP contribution is -2.27. The highest BCUT2D eigenvalue weighted by Crippen LogP contribution is 2.27. The highest BCUT2D eigenvalue weighted by molar-refractivity contribution is 14.1. The van der Waals surface area contributed by atoms with E-state index in [-0.39, 0.29) is 10.6 Å². The normalized spacial score (nSPS) is 10.9. The number of carbonyl (C=O) groups excluding carboxylic acids is 2. The van der Waals surface area contributed by atoms with Crippen molar-refractivity contribution in [2.75, 3.05) is 12.4 Å². The van der Waals surface area contributed by atoms with E-state index in [1.807, 2.05) is 22.6 Å². The Morgan fingerprint density at radius 3 is 2.40 bits per heavy atom. The van der Waals surface area contributed by atoms with Gasteiger partial charge in [0, 0.05) is 3.57 Å². The summed E-state index contributed by atoms with van der Waals surface area (Å²) in [5.41, 5.74) is 0.122. The van der Waals surface area contributed by atoms with Gasteiger partial charge in [-0.05, 0) is 55.5 Å². The number of rotatable bonds is 2. The number of ether oxygens (including phenoxy) is 2. The van der Waals surface area contributed by atoms with Crippen LogP contribution in [-0.2, 0) is 9.47 Å². The summed E-state index contributed by atoms with van der Waals surface area (Å²) in [7, 11) is 1.28. The van der Waals surface area contributed by atoms with Crippen LogP contribution in [0.2, 0.25) is 5.02 Å². The van der Waals surface area contributed by atoms with Crippen LogP contribution in [0.1, 0.15) is 31.1 Å². The molecule has 1 aromatic carbocycles. The molecule has 0 radical (unpaired) electrons. The van der Waals surface area contributed by atoms with Gasteiger partial charge in [0.25, 0.3) is 0 Å². The molecule has 20 heavy (non-hydrogen) atoms. The molecule has 0 fully saturated rings. The van der Waals surface area contributed by atoms with Crippen molar-refractivity contribution in [1.82, 2.24) is 0 Å². The molecule has 0 bridgehead atoms. The summed E-state index contributed by atoms with van der Waals surface area (Å²) in [6.07, 6.45) is -0.586.